The lowest BCUT2D eigenvalue weighted by atomic mass is 10.2. The summed E-state index contributed by atoms with van der Waals surface area (Å²) < 4.78 is 21.9. The van der Waals surface area contributed by atoms with E-state index in [0.29, 0.717) is 17.1 Å². The summed E-state index contributed by atoms with van der Waals surface area (Å²) in [6.45, 7) is 2.39. The average Bonchev–Trinajstić information content (AvgIpc) is 3.41. The van der Waals surface area contributed by atoms with Gasteiger partial charge in [-0.3, -0.25) is 4.57 Å². The number of aromatic nitrogens is 5. The number of rotatable bonds is 8. The molecule has 1 N–H and O–H groups in total. The summed E-state index contributed by atoms with van der Waals surface area (Å²) in [5.41, 5.74) is 1.44. The number of hydrogen-bond donors (Lipinski definition) is 1. The van der Waals surface area contributed by atoms with Crippen LogP contribution in [-0.2, 0) is 6.54 Å². The van der Waals surface area contributed by atoms with Crippen LogP contribution in [0.3, 0.4) is 0 Å². The van der Waals surface area contributed by atoms with Gasteiger partial charge in [0.05, 0.1) is 12.8 Å². The van der Waals surface area contributed by atoms with Crippen molar-refractivity contribution in [2.75, 3.05) is 6.61 Å². The van der Waals surface area contributed by atoms with E-state index >= 15 is 0 Å². The molecule has 0 fully saturated rings. The molecule has 0 amide bonds. The highest BCUT2D eigenvalue weighted by atomic mass is 19.1. The van der Waals surface area contributed by atoms with Crippen molar-refractivity contribution in [3.05, 3.63) is 87.3 Å². The lowest BCUT2D eigenvalue weighted by Gasteiger charge is -2.15. The van der Waals surface area contributed by atoms with Gasteiger partial charge in [0.15, 0.2) is 0 Å². The monoisotopic (exact) mass is 438 g/mol. The Bertz CT molecular complexity index is 1290. The SMILES string of the molecule is C[C@H](COc1ccccc1-n1cc(-c2ccc(F)cc2)nn1)Cn1cc([N+](=O)[O-])[nH]c1=O. The van der Waals surface area contributed by atoms with Crippen LogP contribution in [0.2, 0.25) is 0 Å². The van der Waals surface area contributed by atoms with E-state index in [0.717, 1.165) is 5.56 Å². The minimum atomic E-state index is -0.645. The van der Waals surface area contributed by atoms with Crippen LogP contribution in [0.15, 0.2) is 65.7 Å². The van der Waals surface area contributed by atoms with Crippen molar-refractivity contribution in [2.24, 2.45) is 5.92 Å². The van der Waals surface area contributed by atoms with Crippen LogP contribution in [0.25, 0.3) is 16.9 Å². The van der Waals surface area contributed by atoms with Gasteiger partial charge >= 0.3 is 11.5 Å². The fourth-order valence-corrected chi connectivity index (χ4v) is 3.17. The van der Waals surface area contributed by atoms with Crippen LogP contribution >= 0.6 is 0 Å². The normalized spacial score (nSPS) is 11.9. The third-order valence-electron chi connectivity index (χ3n) is 4.75. The summed E-state index contributed by atoms with van der Waals surface area (Å²) in [6.07, 6.45) is 2.90. The number of aromatic amines is 1. The van der Waals surface area contributed by atoms with Crippen LogP contribution in [0.1, 0.15) is 6.92 Å². The van der Waals surface area contributed by atoms with Gasteiger partial charge in [0, 0.05) is 18.0 Å². The molecule has 10 nitrogen and oxygen atoms in total. The van der Waals surface area contributed by atoms with Gasteiger partial charge in [0.25, 0.3) is 0 Å². The van der Waals surface area contributed by atoms with Crippen molar-refractivity contribution in [2.45, 2.75) is 13.5 Å². The van der Waals surface area contributed by atoms with E-state index < -0.39 is 10.6 Å². The number of nitro groups is 1. The molecule has 0 unspecified atom stereocenters. The number of para-hydroxylation sites is 2. The lowest BCUT2D eigenvalue weighted by Crippen LogP contribution is -2.23. The molecule has 0 saturated carbocycles. The third kappa shape index (κ3) is 4.56. The summed E-state index contributed by atoms with van der Waals surface area (Å²) in [7, 11) is 0. The highest BCUT2D eigenvalue weighted by Crippen LogP contribution is 2.25. The molecule has 0 aliphatic rings. The number of nitrogens with zero attached hydrogens (tertiary/aromatic N) is 5. The first-order chi connectivity index (χ1) is 15.4. The van der Waals surface area contributed by atoms with Crippen LogP contribution in [0.5, 0.6) is 5.75 Å². The van der Waals surface area contributed by atoms with E-state index in [1.54, 1.807) is 29.1 Å². The number of ether oxygens (including phenoxy) is 1. The van der Waals surface area contributed by atoms with E-state index in [4.69, 9.17) is 4.74 Å². The molecule has 0 radical (unpaired) electrons. The van der Waals surface area contributed by atoms with Crippen LogP contribution in [0.4, 0.5) is 10.2 Å². The molecule has 0 saturated heterocycles. The van der Waals surface area contributed by atoms with Gasteiger partial charge in [-0.25, -0.2) is 13.9 Å². The Morgan fingerprint density at radius 1 is 1.19 bits per heavy atom. The Morgan fingerprint density at radius 3 is 2.66 bits per heavy atom. The Labute approximate surface area is 181 Å². The molecular weight excluding hydrogens is 419 g/mol. The molecule has 2 aromatic carbocycles. The van der Waals surface area contributed by atoms with Gasteiger partial charge in [-0.15, -0.1) is 5.10 Å². The molecule has 0 aliphatic carbocycles. The summed E-state index contributed by atoms with van der Waals surface area (Å²) in [5.74, 6) is -0.230. The van der Waals surface area contributed by atoms with E-state index in [1.807, 2.05) is 25.1 Å². The molecule has 2 aromatic heterocycles. The van der Waals surface area contributed by atoms with Gasteiger partial charge in [-0.2, -0.15) is 4.98 Å². The molecule has 4 rings (SSSR count). The van der Waals surface area contributed by atoms with Crippen LogP contribution in [0, 0.1) is 21.8 Å². The Morgan fingerprint density at radius 2 is 1.94 bits per heavy atom. The van der Waals surface area contributed by atoms with E-state index in [1.165, 1.54) is 22.9 Å². The van der Waals surface area contributed by atoms with Gasteiger partial charge < -0.3 is 14.9 Å². The topological polar surface area (TPSA) is 121 Å². The first-order valence-electron chi connectivity index (χ1n) is 9.75. The highest BCUT2D eigenvalue weighted by molar-refractivity contribution is 5.58. The number of imidazole rings is 1. The maximum Gasteiger partial charge on any atom is 0.413 e. The fourth-order valence-electron chi connectivity index (χ4n) is 3.17. The molecule has 2 heterocycles. The van der Waals surface area contributed by atoms with Gasteiger partial charge in [0.2, 0.25) is 0 Å². The van der Waals surface area contributed by atoms with Crippen LogP contribution < -0.4 is 10.4 Å². The van der Waals surface area contributed by atoms with Crippen molar-refractivity contribution in [1.29, 1.82) is 0 Å². The quantitative estimate of drug-likeness (QED) is 0.333. The minimum Gasteiger partial charge on any atom is -0.491 e. The molecule has 11 heteroatoms. The second kappa shape index (κ2) is 8.84. The molecule has 32 heavy (non-hydrogen) atoms. The lowest BCUT2D eigenvalue weighted by molar-refractivity contribution is -0.389. The molecule has 1 atom stereocenters. The third-order valence-corrected chi connectivity index (χ3v) is 4.75. The van der Waals surface area contributed by atoms with Gasteiger partial charge in [-0.1, -0.05) is 24.3 Å². The second-order valence-electron chi connectivity index (χ2n) is 7.29. The minimum absolute atomic E-state index is 0.110. The Hall–Kier alpha value is -4.28. The second-order valence-corrected chi connectivity index (χ2v) is 7.29. The van der Waals surface area contributed by atoms with E-state index in [2.05, 4.69) is 15.3 Å². The van der Waals surface area contributed by atoms with Crippen molar-refractivity contribution in [3.63, 3.8) is 0 Å². The maximum absolute atomic E-state index is 13.2. The zero-order valence-electron chi connectivity index (χ0n) is 17.0. The predicted octanol–water partition coefficient (Wildman–Crippen LogP) is 3.19. The van der Waals surface area contributed by atoms with E-state index in [9.17, 15) is 19.3 Å². The Kier molecular flexibility index (Phi) is 5.79. The smallest absolute Gasteiger partial charge is 0.413 e. The summed E-state index contributed by atoms with van der Waals surface area (Å²) >= 11 is 0. The fraction of sp³-hybridized carbons (Fsp3) is 0.190. The summed E-state index contributed by atoms with van der Waals surface area (Å²) in [5, 5.41) is 19.1. The maximum atomic E-state index is 13.2. The number of hydrogen-bond acceptors (Lipinski definition) is 6. The number of nitrogens with one attached hydrogen (secondary N) is 1. The number of halogens is 1. The number of benzene rings is 2. The van der Waals surface area contributed by atoms with Crippen molar-refractivity contribution >= 4 is 5.82 Å². The van der Waals surface area contributed by atoms with Gasteiger partial charge in [-0.05, 0) is 41.3 Å². The standard InChI is InChI=1S/C21H19FN6O4/c1-14(10-26-12-20(28(30)31)23-21(26)29)13-32-19-5-3-2-4-18(19)27-11-17(24-25-27)15-6-8-16(22)9-7-15/h2-9,11-12,14H,10,13H2,1H3,(H,23,29)/t14-/m0/s1. The summed E-state index contributed by atoms with van der Waals surface area (Å²) in [6, 6.07) is 13.2. The first kappa shape index (κ1) is 21.0. The van der Waals surface area contributed by atoms with Gasteiger partial charge in [0.1, 0.15) is 29.1 Å². The van der Waals surface area contributed by atoms with Crippen LogP contribution in [-0.4, -0.2) is 36.1 Å². The molecule has 0 bridgehead atoms. The van der Waals surface area contributed by atoms with Crippen molar-refractivity contribution in [1.82, 2.24) is 24.5 Å². The van der Waals surface area contributed by atoms with Crippen molar-refractivity contribution < 1.29 is 14.1 Å². The first-order valence-corrected chi connectivity index (χ1v) is 9.75. The molecule has 0 aliphatic heterocycles. The predicted molar refractivity (Wildman–Crippen MR) is 113 cm³/mol. The highest BCUT2D eigenvalue weighted by Gasteiger charge is 2.16. The molecule has 4 aromatic rings. The van der Waals surface area contributed by atoms with Crippen molar-refractivity contribution in [3.8, 4) is 22.7 Å². The summed E-state index contributed by atoms with van der Waals surface area (Å²) in [4.78, 5) is 24.2. The average molecular weight is 438 g/mol. The van der Waals surface area contributed by atoms with E-state index in [-0.39, 0.29) is 30.7 Å². The largest absolute Gasteiger partial charge is 0.491 e. The molecule has 0 spiro atoms. The molecule has 164 valence electrons. The zero-order valence-corrected chi connectivity index (χ0v) is 17.0. The zero-order chi connectivity index (χ0) is 22.7. The molecular formula is C21H19FN6O4. The number of H-pyrrole nitrogens is 1. The Balaban J connectivity index is 1.47.